The van der Waals surface area contributed by atoms with Gasteiger partial charge >= 0.3 is 0 Å². The van der Waals surface area contributed by atoms with Crippen molar-refractivity contribution in [2.45, 2.75) is 13.0 Å². The van der Waals surface area contributed by atoms with Crippen molar-refractivity contribution in [2.75, 3.05) is 7.05 Å². The summed E-state index contributed by atoms with van der Waals surface area (Å²) in [6.45, 7) is 2.03. The lowest BCUT2D eigenvalue weighted by atomic mass is 10.0. The van der Waals surface area contributed by atoms with Crippen LogP contribution >= 0.6 is 23.2 Å². The molecule has 2 aromatic carbocycles. The van der Waals surface area contributed by atoms with E-state index in [-0.39, 0.29) is 6.04 Å². The van der Waals surface area contributed by atoms with Crippen LogP contribution < -0.4 is 5.32 Å². The summed E-state index contributed by atoms with van der Waals surface area (Å²) in [7, 11) is 1.90. The summed E-state index contributed by atoms with van der Waals surface area (Å²) in [6.07, 6.45) is 0. The lowest BCUT2D eigenvalue weighted by Gasteiger charge is -2.15. The number of halogens is 2. The number of furan rings is 1. The van der Waals surface area contributed by atoms with Crippen LogP contribution in [0, 0.1) is 6.92 Å². The molecule has 1 atom stereocenters. The Bertz CT molecular complexity index is 774. The number of hydrogen-bond acceptors (Lipinski definition) is 2. The monoisotopic (exact) mass is 319 g/mol. The molecule has 0 fully saturated rings. The summed E-state index contributed by atoms with van der Waals surface area (Å²) in [5, 5.41) is 5.61. The summed E-state index contributed by atoms with van der Waals surface area (Å²) < 4.78 is 5.95. The van der Waals surface area contributed by atoms with Crippen molar-refractivity contribution in [2.24, 2.45) is 0 Å². The van der Waals surface area contributed by atoms with E-state index < -0.39 is 0 Å². The topological polar surface area (TPSA) is 25.2 Å². The molecule has 3 aromatic rings. The zero-order valence-electron chi connectivity index (χ0n) is 11.8. The van der Waals surface area contributed by atoms with Gasteiger partial charge in [-0.25, -0.2) is 0 Å². The highest BCUT2D eigenvalue weighted by molar-refractivity contribution is 6.34. The van der Waals surface area contributed by atoms with Crippen molar-refractivity contribution in [3.05, 3.63) is 69.4 Å². The number of fused-ring (bicyclic) bond motifs is 1. The zero-order valence-corrected chi connectivity index (χ0v) is 13.3. The van der Waals surface area contributed by atoms with E-state index in [0.29, 0.717) is 10.6 Å². The molecule has 0 aliphatic rings. The number of para-hydroxylation sites is 1. The van der Waals surface area contributed by atoms with E-state index in [1.807, 2.05) is 50.4 Å². The number of hydrogen-bond donors (Lipinski definition) is 1. The van der Waals surface area contributed by atoms with Crippen molar-refractivity contribution in [1.29, 1.82) is 0 Å². The molecule has 0 aliphatic heterocycles. The maximum Gasteiger partial charge on any atom is 0.152 e. The largest absolute Gasteiger partial charge is 0.457 e. The van der Waals surface area contributed by atoms with Crippen molar-refractivity contribution in [3.63, 3.8) is 0 Å². The SMILES string of the molecule is CNC(c1cc(C)cc(Cl)c1)c1cc2cccc(Cl)c2o1. The first-order valence-electron chi connectivity index (χ1n) is 6.71. The molecule has 0 aliphatic carbocycles. The highest BCUT2D eigenvalue weighted by atomic mass is 35.5. The summed E-state index contributed by atoms with van der Waals surface area (Å²) >= 11 is 12.3. The van der Waals surface area contributed by atoms with Gasteiger partial charge in [-0.2, -0.15) is 0 Å². The van der Waals surface area contributed by atoms with Gasteiger partial charge in [-0.15, -0.1) is 0 Å². The van der Waals surface area contributed by atoms with E-state index in [4.69, 9.17) is 27.6 Å². The average molecular weight is 320 g/mol. The molecule has 0 saturated heterocycles. The number of rotatable bonds is 3. The fourth-order valence-electron chi connectivity index (χ4n) is 2.59. The van der Waals surface area contributed by atoms with E-state index >= 15 is 0 Å². The van der Waals surface area contributed by atoms with Gasteiger partial charge in [0.25, 0.3) is 0 Å². The first-order chi connectivity index (χ1) is 10.1. The normalized spacial score (nSPS) is 12.8. The smallest absolute Gasteiger partial charge is 0.152 e. The van der Waals surface area contributed by atoms with Gasteiger partial charge in [-0.05, 0) is 49.4 Å². The van der Waals surface area contributed by atoms with Crippen LogP contribution in [0.25, 0.3) is 11.0 Å². The third-order valence-corrected chi connectivity index (χ3v) is 4.00. The molecular formula is C17H15Cl2NO. The first-order valence-corrected chi connectivity index (χ1v) is 7.46. The Morgan fingerprint density at radius 1 is 1.10 bits per heavy atom. The molecule has 3 rings (SSSR count). The summed E-state index contributed by atoms with van der Waals surface area (Å²) in [5.74, 6) is 0.822. The van der Waals surface area contributed by atoms with Crippen LogP contribution in [0.15, 0.2) is 46.9 Å². The van der Waals surface area contributed by atoms with Gasteiger partial charge in [-0.3, -0.25) is 0 Å². The second-order valence-electron chi connectivity index (χ2n) is 5.09. The molecule has 0 saturated carbocycles. The van der Waals surface area contributed by atoms with Gasteiger partial charge in [0.15, 0.2) is 5.58 Å². The van der Waals surface area contributed by atoms with Crippen LogP contribution in [0.4, 0.5) is 0 Å². The molecule has 21 heavy (non-hydrogen) atoms. The molecule has 1 unspecified atom stereocenters. The van der Waals surface area contributed by atoms with Crippen LogP contribution in [0.5, 0.6) is 0 Å². The molecule has 2 nitrogen and oxygen atoms in total. The highest BCUT2D eigenvalue weighted by Gasteiger charge is 2.18. The lowest BCUT2D eigenvalue weighted by molar-refractivity contribution is 0.491. The lowest BCUT2D eigenvalue weighted by Crippen LogP contribution is -2.17. The van der Waals surface area contributed by atoms with Gasteiger partial charge in [0, 0.05) is 10.4 Å². The van der Waals surface area contributed by atoms with Crippen LogP contribution in [0.3, 0.4) is 0 Å². The molecule has 0 bridgehead atoms. The van der Waals surface area contributed by atoms with E-state index in [2.05, 4.69) is 11.4 Å². The Balaban J connectivity index is 2.11. The average Bonchev–Trinajstić information content (AvgIpc) is 2.83. The van der Waals surface area contributed by atoms with E-state index in [9.17, 15) is 0 Å². The Kier molecular flexibility index (Phi) is 3.94. The maximum atomic E-state index is 6.18. The fraction of sp³-hybridized carbons (Fsp3) is 0.176. The minimum atomic E-state index is -0.0640. The fourth-order valence-corrected chi connectivity index (χ4v) is 3.11. The molecule has 0 radical (unpaired) electrons. The van der Waals surface area contributed by atoms with Crippen molar-refractivity contribution in [3.8, 4) is 0 Å². The van der Waals surface area contributed by atoms with Crippen molar-refractivity contribution >= 4 is 34.2 Å². The molecule has 1 N–H and O–H groups in total. The van der Waals surface area contributed by atoms with Crippen LogP contribution in [0.1, 0.15) is 22.9 Å². The number of aryl methyl sites for hydroxylation is 1. The Labute approximate surface area is 133 Å². The zero-order chi connectivity index (χ0) is 15.0. The molecule has 0 amide bonds. The second-order valence-corrected chi connectivity index (χ2v) is 5.93. The van der Waals surface area contributed by atoms with Gasteiger partial charge in [-0.1, -0.05) is 41.4 Å². The van der Waals surface area contributed by atoms with Crippen molar-refractivity contribution < 1.29 is 4.42 Å². The maximum absolute atomic E-state index is 6.18. The third kappa shape index (κ3) is 2.80. The third-order valence-electron chi connectivity index (χ3n) is 3.49. The minimum Gasteiger partial charge on any atom is -0.457 e. The predicted molar refractivity (Wildman–Crippen MR) is 88.3 cm³/mol. The van der Waals surface area contributed by atoms with Gasteiger partial charge in [0.2, 0.25) is 0 Å². The van der Waals surface area contributed by atoms with E-state index in [0.717, 1.165) is 27.3 Å². The molecular weight excluding hydrogens is 305 g/mol. The summed E-state index contributed by atoms with van der Waals surface area (Å²) in [6, 6.07) is 13.7. The number of nitrogens with one attached hydrogen (secondary N) is 1. The van der Waals surface area contributed by atoms with Gasteiger partial charge in [0.1, 0.15) is 5.76 Å². The number of benzene rings is 2. The second kappa shape index (κ2) is 5.72. The first kappa shape index (κ1) is 14.5. The standard InChI is InChI=1S/C17H15Cl2NO/c1-10-6-12(8-13(18)7-10)16(20-2)15-9-11-4-3-5-14(19)17(11)21-15/h3-9,16,20H,1-2H3. The van der Waals surface area contributed by atoms with Gasteiger partial charge in [0.05, 0.1) is 11.1 Å². The molecule has 0 spiro atoms. The molecule has 1 aromatic heterocycles. The highest BCUT2D eigenvalue weighted by Crippen LogP contribution is 2.32. The molecule has 4 heteroatoms. The van der Waals surface area contributed by atoms with Gasteiger partial charge < -0.3 is 9.73 Å². The Hall–Kier alpha value is -1.48. The predicted octanol–water partition coefficient (Wildman–Crippen LogP) is 5.36. The molecule has 108 valence electrons. The Morgan fingerprint density at radius 3 is 2.57 bits per heavy atom. The summed E-state index contributed by atoms with van der Waals surface area (Å²) in [5.41, 5.74) is 2.90. The Morgan fingerprint density at radius 2 is 1.90 bits per heavy atom. The van der Waals surface area contributed by atoms with Crippen molar-refractivity contribution in [1.82, 2.24) is 5.32 Å². The van der Waals surface area contributed by atoms with Crippen LogP contribution in [-0.4, -0.2) is 7.05 Å². The van der Waals surface area contributed by atoms with E-state index in [1.54, 1.807) is 0 Å². The van der Waals surface area contributed by atoms with Crippen LogP contribution in [-0.2, 0) is 0 Å². The quantitative estimate of drug-likeness (QED) is 0.703. The molecule has 1 heterocycles. The van der Waals surface area contributed by atoms with E-state index in [1.165, 1.54) is 0 Å². The minimum absolute atomic E-state index is 0.0640. The van der Waals surface area contributed by atoms with Crippen LogP contribution in [0.2, 0.25) is 10.0 Å². The summed E-state index contributed by atoms with van der Waals surface area (Å²) in [4.78, 5) is 0.